The first-order valence-corrected chi connectivity index (χ1v) is 5.40. The maximum absolute atomic E-state index is 5.68. The van der Waals surface area contributed by atoms with Crippen LogP contribution >= 0.6 is 24.8 Å². The van der Waals surface area contributed by atoms with Crippen LogP contribution in [0.1, 0.15) is 0 Å². The van der Waals surface area contributed by atoms with E-state index in [1.165, 1.54) is 0 Å². The smallest absolute Gasteiger partial charge is 0.0898 e. The van der Waals surface area contributed by atoms with Crippen molar-refractivity contribution in [1.29, 1.82) is 0 Å². The van der Waals surface area contributed by atoms with Gasteiger partial charge in [0.15, 0.2) is 0 Å². The zero-order chi connectivity index (χ0) is 10.5. The Hall–Kier alpha value is -0.330. The Morgan fingerprint density at radius 3 is 2.88 bits per heavy atom. The topological polar surface area (TPSA) is 56.3 Å². The van der Waals surface area contributed by atoms with Gasteiger partial charge in [-0.1, -0.05) is 0 Å². The average molecular weight is 283 g/mol. The fourth-order valence-electron chi connectivity index (χ4n) is 1.89. The van der Waals surface area contributed by atoms with Crippen LogP contribution in [0, 0.1) is 0 Å². The molecule has 0 bridgehead atoms. The van der Waals surface area contributed by atoms with Crippen LogP contribution < -0.4 is 5.73 Å². The second kappa shape index (κ2) is 8.72. The van der Waals surface area contributed by atoms with E-state index in [9.17, 15) is 0 Å². The number of hydrogen-bond donors (Lipinski definition) is 1. The van der Waals surface area contributed by atoms with Gasteiger partial charge < -0.3 is 10.5 Å². The minimum absolute atomic E-state index is 0. The standard InChI is InChI=1S/C10H18N4O.2ClH/c11-2-5-13-6-7-15-10(8-13)9-14-4-1-3-12-14;;/h1,3-4,10H,2,5-9,11H2;2*1H. The second-order valence-corrected chi connectivity index (χ2v) is 3.81. The first-order valence-electron chi connectivity index (χ1n) is 5.40. The van der Waals surface area contributed by atoms with Gasteiger partial charge in [-0.25, -0.2) is 0 Å². The molecule has 2 heterocycles. The van der Waals surface area contributed by atoms with E-state index in [0.29, 0.717) is 6.54 Å². The molecule has 7 heteroatoms. The van der Waals surface area contributed by atoms with Gasteiger partial charge in [0, 0.05) is 38.6 Å². The van der Waals surface area contributed by atoms with Gasteiger partial charge in [-0.2, -0.15) is 5.10 Å². The summed E-state index contributed by atoms with van der Waals surface area (Å²) < 4.78 is 7.60. The third-order valence-corrected chi connectivity index (χ3v) is 2.62. The van der Waals surface area contributed by atoms with E-state index in [2.05, 4.69) is 10.00 Å². The van der Waals surface area contributed by atoms with Crippen LogP contribution in [-0.2, 0) is 11.3 Å². The molecule has 1 aliphatic heterocycles. The molecule has 0 aromatic carbocycles. The molecule has 2 rings (SSSR count). The third-order valence-electron chi connectivity index (χ3n) is 2.62. The van der Waals surface area contributed by atoms with Crippen LogP contribution in [0.5, 0.6) is 0 Å². The first kappa shape index (κ1) is 16.7. The summed E-state index contributed by atoms with van der Waals surface area (Å²) in [6, 6.07) is 1.93. The lowest BCUT2D eigenvalue weighted by Crippen LogP contribution is -2.45. The summed E-state index contributed by atoms with van der Waals surface area (Å²) in [7, 11) is 0. The molecule has 1 unspecified atom stereocenters. The number of halogens is 2. The summed E-state index contributed by atoms with van der Waals surface area (Å²) in [5, 5.41) is 4.17. The molecular weight excluding hydrogens is 263 g/mol. The third kappa shape index (κ3) is 5.23. The van der Waals surface area contributed by atoms with E-state index < -0.39 is 0 Å². The molecular formula is C10H20Cl2N4O. The highest BCUT2D eigenvalue weighted by molar-refractivity contribution is 5.85. The summed E-state index contributed by atoms with van der Waals surface area (Å²) >= 11 is 0. The minimum atomic E-state index is 0. The fraction of sp³-hybridized carbons (Fsp3) is 0.700. The number of ether oxygens (including phenoxy) is 1. The second-order valence-electron chi connectivity index (χ2n) is 3.81. The highest BCUT2D eigenvalue weighted by atomic mass is 35.5. The summed E-state index contributed by atoms with van der Waals surface area (Å²) in [4.78, 5) is 2.34. The van der Waals surface area contributed by atoms with Gasteiger partial charge in [0.25, 0.3) is 0 Å². The van der Waals surface area contributed by atoms with Crippen LogP contribution in [0.3, 0.4) is 0 Å². The van der Waals surface area contributed by atoms with Crippen LogP contribution in [0.2, 0.25) is 0 Å². The maximum Gasteiger partial charge on any atom is 0.0898 e. The van der Waals surface area contributed by atoms with Gasteiger partial charge in [-0.15, -0.1) is 24.8 Å². The molecule has 100 valence electrons. The highest BCUT2D eigenvalue weighted by Crippen LogP contribution is 2.06. The molecule has 17 heavy (non-hydrogen) atoms. The Labute approximate surface area is 114 Å². The Balaban J connectivity index is 0.00000128. The van der Waals surface area contributed by atoms with Gasteiger partial charge in [0.2, 0.25) is 0 Å². The Morgan fingerprint density at radius 1 is 1.41 bits per heavy atom. The van der Waals surface area contributed by atoms with E-state index in [1.54, 1.807) is 6.20 Å². The van der Waals surface area contributed by atoms with Crippen LogP contribution in [0.25, 0.3) is 0 Å². The predicted molar refractivity (Wildman–Crippen MR) is 72.0 cm³/mol. The average Bonchev–Trinajstić information content (AvgIpc) is 2.71. The number of aromatic nitrogens is 2. The molecule has 1 fully saturated rings. The fourth-order valence-corrected chi connectivity index (χ4v) is 1.89. The SMILES string of the molecule is Cl.Cl.NCCN1CCOC(Cn2cccn2)C1. The van der Waals surface area contributed by atoms with Crippen LogP contribution in [-0.4, -0.2) is 53.6 Å². The zero-order valence-corrected chi connectivity index (χ0v) is 11.3. The Morgan fingerprint density at radius 2 is 2.24 bits per heavy atom. The molecule has 0 aliphatic carbocycles. The van der Waals surface area contributed by atoms with Crippen molar-refractivity contribution >= 4 is 24.8 Å². The van der Waals surface area contributed by atoms with Gasteiger partial charge in [0.1, 0.15) is 0 Å². The number of morpholine rings is 1. The van der Waals surface area contributed by atoms with Gasteiger partial charge in [-0.3, -0.25) is 9.58 Å². The van der Waals surface area contributed by atoms with E-state index in [4.69, 9.17) is 10.5 Å². The maximum atomic E-state index is 5.68. The molecule has 1 saturated heterocycles. The van der Waals surface area contributed by atoms with Crippen molar-refractivity contribution in [3.8, 4) is 0 Å². The van der Waals surface area contributed by atoms with Crippen molar-refractivity contribution in [2.75, 3.05) is 32.8 Å². The summed E-state index contributed by atoms with van der Waals surface area (Å²) in [6.45, 7) is 5.25. The largest absolute Gasteiger partial charge is 0.374 e. The molecule has 0 amide bonds. The van der Waals surface area contributed by atoms with Gasteiger partial charge >= 0.3 is 0 Å². The zero-order valence-electron chi connectivity index (χ0n) is 9.70. The first-order chi connectivity index (χ1) is 7.38. The van der Waals surface area contributed by atoms with E-state index in [1.807, 2.05) is 16.9 Å². The highest BCUT2D eigenvalue weighted by Gasteiger charge is 2.19. The van der Waals surface area contributed by atoms with Crippen molar-refractivity contribution in [3.63, 3.8) is 0 Å². The monoisotopic (exact) mass is 282 g/mol. The molecule has 1 atom stereocenters. The van der Waals surface area contributed by atoms with Crippen LogP contribution in [0.4, 0.5) is 0 Å². The normalized spacial score (nSPS) is 20.4. The van der Waals surface area contributed by atoms with E-state index in [-0.39, 0.29) is 30.9 Å². The number of nitrogens with zero attached hydrogens (tertiary/aromatic N) is 3. The molecule has 0 spiro atoms. The van der Waals surface area contributed by atoms with Crippen molar-refractivity contribution in [3.05, 3.63) is 18.5 Å². The lowest BCUT2D eigenvalue weighted by molar-refractivity contribution is -0.0364. The number of nitrogens with two attached hydrogens (primary N) is 1. The summed E-state index contributed by atoms with van der Waals surface area (Å²) in [5.74, 6) is 0. The van der Waals surface area contributed by atoms with Crippen molar-refractivity contribution in [2.45, 2.75) is 12.6 Å². The van der Waals surface area contributed by atoms with Gasteiger partial charge in [-0.05, 0) is 6.07 Å². The number of rotatable bonds is 4. The predicted octanol–water partition coefficient (Wildman–Crippen LogP) is 0.386. The summed E-state index contributed by atoms with van der Waals surface area (Å²) in [5.41, 5.74) is 5.54. The molecule has 0 saturated carbocycles. The summed E-state index contributed by atoms with van der Waals surface area (Å²) in [6.07, 6.45) is 4.00. The van der Waals surface area contributed by atoms with Crippen molar-refractivity contribution < 1.29 is 4.74 Å². The molecule has 2 N–H and O–H groups in total. The van der Waals surface area contributed by atoms with Crippen LogP contribution in [0.15, 0.2) is 18.5 Å². The van der Waals surface area contributed by atoms with E-state index in [0.717, 1.165) is 32.8 Å². The number of hydrogen-bond acceptors (Lipinski definition) is 4. The Kier molecular flexibility index (Phi) is 8.55. The Bertz CT molecular complexity index is 282. The molecule has 5 nitrogen and oxygen atoms in total. The van der Waals surface area contributed by atoms with Crippen molar-refractivity contribution in [2.24, 2.45) is 5.73 Å². The van der Waals surface area contributed by atoms with E-state index >= 15 is 0 Å². The lowest BCUT2D eigenvalue weighted by Gasteiger charge is -2.32. The van der Waals surface area contributed by atoms with Crippen molar-refractivity contribution in [1.82, 2.24) is 14.7 Å². The molecule has 0 radical (unpaired) electrons. The van der Waals surface area contributed by atoms with Gasteiger partial charge in [0.05, 0.1) is 19.3 Å². The quantitative estimate of drug-likeness (QED) is 0.868. The molecule has 1 aromatic heterocycles. The lowest BCUT2D eigenvalue weighted by atomic mass is 10.2. The molecule has 1 aromatic rings. The molecule has 1 aliphatic rings. The minimum Gasteiger partial charge on any atom is -0.374 e.